The third-order valence-corrected chi connectivity index (χ3v) is 4.46. The average molecular weight is 371 g/mol. The molecule has 1 heterocycles. The minimum absolute atomic E-state index is 0.240. The summed E-state index contributed by atoms with van der Waals surface area (Å²) in [6.45, 7) is 7.54. The Balaban J connectivity index is 1.49. The Morgan fingerprint density at radius 3 is 2.26 bits per heavy atom. The number of hydrogen-bond acceptors (Lipinski definition) is 3. The number of carbonyl (C=O) groups excluding carboxylic acids is 1. The minimum Gasteiger partial charge on any atom is -0.493 e. The Bertz CT molecular complexity index is 766. The van der Waals surface area contributed by atoms with Gasteiger partial charge in [0, 0.05) is 19.0 Å². The van der Waals surface area contributed by atoms with Gasteiger partial charge in [-0.15, -0.1) is 0 Å². The zero-order chi connectivity index (χ0) is 19.4. The number of carbonyl (C=O) groups is 1. The quantitative estimate of drug-likeness (QED) is 0.748. The molecule has 0 aromatic heterocycles. The Morgan fingerprint density at radius 1 is 1.07 bits per heavy atom. The highest BCUT2D eigenvalue weighted by atomic mass is 19.1. The predicted molar refractivity (Wildman–Crippen MR) is 103 cm³/mol. The maximum absolute atomic E-state index is 13.0. The number of amides is 1. The second kappa shape index (κ2) is 7.99. The van der Waals surface area contributed by atoms with Crippen LogP contribution in [0.2, 0.25) is 0 Å². The lowest BCUT2D eigenvalue weighted by Crippen LogP contribution is -2.35. The number of rotatable bonds is 4. The SMILES string of the molecule is CC(C)(C)OC(=O)N1CCC(COc2ccc(-c3ccc(F)cc3)cc2)C1. The van der Waals surface area contributed by atoms with Crippen molar-refractivity contribution in [3.63, 3.8) is 0 Å². The molecule has 1 amide bonds. The highest BCUT2D eigenvalue weighted by Crippen LogP contribution is 2.24. The molecule has 27 heavy (non-hydrogen) atoms. The summed E-state index contributed by atoms with van der Waals surface area (Å²) in [6, 6.07) is 14.2. The smallest absolute Gasteiger partial charge is 0.410 e. The summed E-state index contributed by atoms with van der Waals surface area (Å²) in [5.41, 5.74) is 1.50. The van der Waals surface area contributed by atoms with E-state index in [9.17, 15) is 9.18 Å². The minimum atomic E-state index is -0.474. The van der Waals surface area contributed by atoms with Gasteiger partial charge in [0.1, 0.15) is 17.2 Å². The van der Waals surface area contributed by atoms with Crippen LogP contribution in [0.4, 0.5) is 9.18 Å². The van der Waals surface area contributed by atoms with Gasteiger partial charge in [-0.05, 0) is 62.6 Å². The van der Waals surface area contributed by atoms with Gasteiger partial charge in [0.2, 0.25) is 0 Å². The maximum atomic E-state index is 13.0. The first-order valence-electron chi connectivity index (χ1n) is 9.27. The average Bonchev–Trinajstić information content (AvgIpc) is 3.09. The summed E-state index contributed by atoms with van der Waals surface area (Å²) in [5.74, 6) is 0.849. The molecule has 1 fully saturated rings. The summed E-state index contributed by atoms with van der Waals surface area (Å²) in [7, 11) is 0. The zero-order valence-electron chi connectivity index (χ0n) is 16.1. The monoisotopic (exact) mass is 371 g/mol. The van der Waals surface area contributed by atoms with Crippen LogP contribution in [0, 0.1) is 11.7 Å². The summed E-state index contributed by atoms with van der Waals surface area (Å²) < 4.78 is 24.3. The van der Waals surface area contributed by atoms with Crippen LogP contribution in [0.1, 0.15) is 27.2 Å². The molecule has 3 rings (SSSR count). The second-order valence-electron chi connectivity index (χ2n) is 7.92. The number of benzene rings is 2. The summed E-state index contributed by atoms with van der Waals surface area (Å²) >= 11 is 0. The van der Waals surface area contributed by atoms with Crippen LogP contribution in [0.5, 0.6) is 5.75 Å². The molecule has 0 N–H and O–H groups in total. The van der Waals surface area contributed by atoms with Crippen molar-refractivity contribution in [1.82, 2.24) is 4.90 Å². The fraction of sp³-hybridized carbons (Fsp3) is 0.409. The van der Waals surface area contributed by atoms with Crippen molar-refractivity contribution in [2.45, 2.75) is 32.8 Å². The van der Waals surface area contributed by atoms with Crippen LogP contribution in [0.15, 0.2) is 48.5 Å². The van der Waals surface area contributed by atoms with Crippen molar-refractivity contribution in [3.05, 3.63) is 54.3 Å². The van der Waals surface area contributed by atoms with Crippen LogP contribution in [-0.4, -0.2) is 36.3 Å². The van der Waals surface area contributed by atoms with E-state index in [-0.39, 0.29) is 11.9 Å². The first-order chi connectivity index (χ1) is 12.8. The van der Waals surface area contributed by atoms with E-state index in [0.29, 0.717) is 25.6 Å². The lowest BCUT2D eigenvalue weighted by atomic mass is 10.1. The Kier molecular flexibility index (Phi) is 5.68. The molecule has 144 valence electrons. The fourth-order valence-electron chi connectivity index (χ4n) is 3.06. The van der Waals surface area contributed by atoms with E-state index in [2.05, 4.69) is 0 Å². The van der Waals surface area contributed by atoms with Gasteiger partial charge < -0.3 is 14.4 Å². The molecule has 5 heteroatoms. The van der Waals surface area contributed by atoms with Crippen molar-refractivity contribution < 1.29 is 18.7 Å². The third kappa shape index (κ3) is 5.46. The highest BCUT2D eigenvalue weighted by molar-refractivity contribution is 5.68. The molecule has 1 aliphatic rings. The fourth-order valence-corrected chi connectivity index (χ4v) is 3.06. The Morgan fingerprint density at radius 2 is 1.67 bits per heavy atom. The van der Waals surface area contributed by atoms with Gasteiger partial charge >= 0.3 is 6.09 Å². The molecule has 0 aliphatic carbocycles. The molecular formula is C22H26FNO3. The predicted octanol–water partition coefficient (Wildman–Crippen LogP) is 5.13. The molecule has 1 aliphatic heterocycles. The molecule has 2 aromatic carbocycles. The zero-order valence-corrected chi connectivity index (χ0v) is 16.1. The van der Waals surface area contributed by atoms with Gasteiger partial charge in [-0.25, -0.2) is 9.18 Å². The van der Waals surface area contributed by atoms with Gasteiger partial charge in [0.15, 0.2) is 0 Å². The van der Waals surface area contributed by atoms with E-state index >= 15 is 0 Å². The number of hydrogen-bond donors (Lipinski definition) is 0. The van der Waals surface area contributed by atoms with Gasteiger partial charge in [-0.2, -0.15) is 0 Å². The van der Waals surface area contributed by atoms with Crippen LogP contribution < -0.4 is 4.74 Å². The lowest BCUT2D eigenvalue weighted by Gasteiger charge is -2.24. The number of nitrogens with zero attached hydrogens (tertiary/aromatic N) is 1. The van der Waals surface area contributed by atoms with E-state index in [1.54, 1.807) is 17.0 Å². The maximum Gasteiger partial charge on any atom is 0.410 e. The number of likely N-dealkylation sites (tertiary alicyclic amines) is 1. The summed E-state index contributed by atoms with van der Waals surface area (Å²) in [6.07, 6.45) is 0.654. The second-order valence-corrected chi connectivity index (χ2v) is 7.92. The van der Waals surface area contributed by atoms with E-state index in [1.807, 2.05) is 45.0 Å². The van der Waals surface area contributed by atoms with E-state index in [0.717, 1.165) is 23.3 Å². The third-order valence-electron chi connectivity index (χ3n) is 4.46. The molecule has 1 atom stereocenters. The lowest BCUT2D eigenvalue weighted by molar-refractivity contribution is 0.0285. The van der Waals surface area contributed by atoms with Gasteiger partial charge in [0.05, 0.1) is 6.61 Å². The van der Waals surface area contributed by atoms with Crippen molar-refractivity contribution in [2.75, 3.05) is 19.7 Å². The number of halogens is 1. The molecule has 0 saturated carbocycles. The van der Waals surface area contributed by atoms with Crippen molar-refractivity contribution in [1.29, 1.82) is 0 Å². The molecule has 0 radical (unpaired) electrons. The molecular weight excluding hydrogens is 345 g/mol. The summed E-state index contributed by atoms with van der Waals surface area (Å²) in [4.78, 5) is 13.9. The van der Waals surface area contributed by atoms with Crippen LogP contribution in [-0.2, 0) is 4.74 Å². The largest absolute Gasteiger partial charge is 0.493 e. The normalized spacial score (nSPS) is 17.0. The van der Waals surface area contributed by atoms with E-state index < -0.39 is 5.60 Å². The highest BCUT2D eigenvalue weighted by Gasteiger charge is 2.30. The van der Waals surface area contributed by atoms with Gasteiger partial charge in [-0.1, -0.05) is 24.3 Å². The van der Waals surface area contributed by atoms with Crippen LogP contribution >= 0.6 is 0 Å². The number of ether oxygens (including phenoxy) is 2. The topological polar surface area (TPSA) is 38.8 Å². The molecule has 2 aromatic rings. The Labute approximate surface area is 159 Å². The molecule has 0 spiro atoms. The van der Waals surface area contributed by atoms with Crippen LogP contribution in [0.25, 0.3) is 11.1 Å². The van der Waals surface area contributed by atoms with Gasteiger partial charge in [0.25, 0.3) is 0 Å². The Hall–Kier alpha value is -2.56. The molecule has 1 unspecified atom stereocenters. The standard InChI is InChI=1S/C22H26FNO3/c1-22(2,3)27-21(25)24-13-12-16(14-24)15-26-20-10-6-18(7-11-20)17-4-8-19(23)9-5-17/h4-11,16H,12-15H2,1-3H3. The van der Waals surface area contributed by atoms with Crippen molar-refractivity contribution in [3.8, 4) is 16.9 Å². The van der Waals surface area contributed by atoms with Crippen LogP contribution in [0.3, 0.4) is 0 Å². The van der Waals surface area contributed by atoms with Crippen molar-refractivity contribution >= 4 is 6.09 Å². The summed E-state index contributed by atoms with van der Waals surface area (Å²) in [5, 5.41) is 0. The van der Waals surface area contributed by atoms with E-state index in [1.165, 1.54) is 12.1 Å². The molecule has 1 saturated heterocycles. The first-order valence-corrected chi connectivity index (χ1v) is 9.27. The molecule has 4 nitrogen and oxygen atoms in total. The van der Waals surface area contributed by atoms with Gasteiger partial charge in [-0.3, -0.25) is 0 Å². The van der Waals surface area contributed by atoms with Crippen molar-refractivity contribution in [2.24, 2.45) is 5.92 Å². The molecule has 0 bridgehead atoms. The van der Waals surface area contributed by atoms with E-state index in [4.69, 9.17) is 9.47 Å². The first kappa shape index (κ1) is 19.2.